The Bertz CT molecular complexity index is 166. The van der Waals surface area contributed by atoms with Crippen molar-refractivity contribution in [2.75, 3.05) is 6.54 Å². The molecule has 0 unspecified atom stereocenters. The molecule has 1 heteroatoms. The van der Waals surface area contributed by atoms with E-state index in [9.17, 15) is 0 Å². The van der Waals surface area contributed by atoms with Gasteiger partial charge in [0, 0.05) is 6.04 Å². The van der Waals surface area contributed by atoms with Crippen LogP contribution in [0.3, 0.4) is 0 Å². The van der Waals surface area contributed by atoms with Gasteiger partial charge in [-0.15, -0.1) is 0 Å². The van der Waals surface area contributed by atoms with Gasteiger partial charge in [0.25, 0.3) is 0 Å². The van der Waals surface area contributed by atoms with E-state index >= 15 is 0 Å². The lowest BCUT2D eigenvalue weighted by atomic mass is 9.80. The first-order valence-electron chi connectivity index (χ1n) is 7.12. The molecule has 1 nitrogen and oxygen atoms in total. The van der Waals surface area contributed by atoms with E-state index in [1.807, 2.05) is 0 Å². The van der Waals surface area contributed by atoms with Gasteiger partial charge in [0.2, 0.25) is 0 Å². The van der Waals surface area contributed by atoms with Crippen LogP contribution in [0.15, 0.2) is 0 Å². The van der Waals surface area contributed by atoms with Crippen LogP contribution in [0, 0.1) is 11.8 Å². The molecule has 2 aliphatic carbocycles. The van der Waals surface area contributed by atoms with E-state index in [1.165, 1.54) is 64.3 Å². The average molecular weight is 209 g/mol. The zero-order chi connectivity index (χ0) is 10.5. The number of rotatable bonds is 6. The molecule has 2 rings (SSSR count). The van der Waals surface area contributed by atoms with E-state index < -0.39 is 0 Å². The topological polar surface area (TPSA) is 12.0 Å². The molecule has 2 fully saturated rings. The van der Waals surface area contributed by atoms with Crippen molar-refractivity contribution in [1.29, 1.82) is 0 Å². The van der Waals surface area contributed by atoms with Gasteiger partial charge in [-0.2, -0.15) is 0 Å². The van der Waals surface area contributed by atoms with E-state index in [0.29, 0.717) is 0 Å². The Hall–Kier alpha value is -0.0400. The van der Waals surface area contributed by atoms with Gasteiger partial charge in [-0.25, -0.2) is 0 Å². The van der Waals surface area contributed by atoms with Crippen LogP contribution in [0.2, 0.25) is 0 Å². The first kappa shape index (κ1) is 11.4. The molecular weight excluding hydrogens is 182 g/mol. The normalized spacial score (nSPS) is 31.8. The summed E-state index contributed by atoms with van der Waals surface area (Å²) in [5, 5.41) is 3.68. The zero-order valence-electron chi connectivity index (χ0n) is 10.3. The second kappa shape index (κ2) is 5.89. The Balaban J connectivity index is 1.54. The Morgan fingerprint density at radius 2 is 1.60 bits per heavy atom. The molecule has 0 saturated heterocycles. The maximum atomic E-state index is 3.68. The summed E-state index contributed by atoms with van der Waals surface area (Å²) >= 11 is 0. The van der Waals surface area contributed by atoms with Crippen molar-refractivity contribution >= 4 is 0 Å². The lowest BCUT2D eigenvalue weighted by molar-refractivity contribution is 0.253. The maximum absolute atomic E-state index is 3.68. The van der Waals surface area contributed by atoms with Crippen molar-refractivity contribution in [3.63, 3.8) is 0 Å². The van der Waals surface area contributed by atoms with E-state index in [1.54, 1.807) is 0 Å². The SMILES string of the molecule is CCCCC1CCC(CNC2CC2)CC1. The average Bonchev–Trinajstić information content (AvgIpc) is 3.09. The van der Waals surface area contributed by atoms with E-state index in [2.05, 4.69) is 12.2 Å². The van der Waals surface area contributed by atoms with Crippen molar-refractivity contribution in [3.05, 3.63) is 0 Å². The fourth-order valence-corrected chi connectivity index (χ4v) is 2.84. The zero-order valence-corrected chi connectivity index (χ0v) is 10.3. The van der Waals surface area contributed by atoms with E-state index in [0.717, 1.165) is 17.9 Å². The molecular formula is C14H27N. The van der Waals surface area contributed by atoms with Crippen LogP contribution in [-0.4, -0.2) is 12.6 Å². The Morgan fingerprint density at radius 3 is 2.20 bits per heavy atom. The molecule has 0 aromatic rings. The van der Waals surface area contributed by atoms with Gasteiger partial charge in [-0.05, 0) is 44.1 Å². The van der Waals surface area contributed by atoms with Crippen LogP contribution in [0.5, 0.6) is 0 Å². The van der Waals surface area contributed by atoms with Crippen molar-refractivity contribution < 1.29 is 0 Å². The van der Waals surface area contributed by atoms with Crippen LogP contribution in [0.1, 0.15) is 64.7 Å². The lowest BCUT2D eigenvalue weighted by Gasteiger charge is -2.28. The standard InChI is InChI=1S/C14H27N/c1-2-3-4-12-5-7-13(8-6-12)11-15-14-9-10-14/h12-15H,2-11H2,1H3. The Kier molecular flexibility index (Phi) is 4.49. The lowest BCUT2D eigenvalue weighted by Crippen LogP contribution is -2.27. The molecule has 2 aliphatic rings. The van der Waals surface area contributed by atoms with E-state index in [4.69, 9.17) is 0 Å². The third-order valence-corrected chi connectivity index (χ3v) is 4.20. The molecule has 0 aromatic carbocycles. The molecule has 0 bridgehead atoms. The molecule has 0 aromatic heterocycles. The van der Waals surface area contributed by atoms with Gasteiger partial charge in [-0.3, -0.25) is 0 Å². The quantitative estimate of drug-likeness (QED) is 0.703. The van der Waals surface area contributed by atoms with Gasteiger partial charge in [0.05, 0.1) is 0 Å². The molecule has 0 heterocycles. The predicted octanol–water partition coefficient (Wildman–Crippen LogP) is 3.74. The number of nitrogens with one attached hydrogen (secondary N) is 1. The van der Waals surface area contributed by atoms with Crippen LogP contribution in [0.25, 0.3) is 0 Å². The maximum Gasteiger partial charge on any atom is 0.00683 e. The minimum absolute atomic E-state index is 0.905. The van der Waals surface area contributed by atoms with E-state index in [-0.39, 0.29) is 0 Å². The van der Waals surface area contributed by atoms with Crippen molar-refractivity contribution in [1.82, 2.24) is 5.32 Å². The summed E-state index contributed by atoms with van der Waals surface area (Å²) in [6.45, 7) is 3.62. The highest BCUT2D eigenvalue weighted by atomic mass is 14.9. The summed E-state index contributed by atoms with van der Waals surface area (Å²) < 4.78 is 0. The summed E-state index contributed by atoms with van der Waals surface area (Å²) in [7, 11) is 0. The van der Waals surface area contributed by atoms with Crippen LogP contribution in [0.4, 0.5) is 0 Å². The number of hydrogen-bond donors (Lipinski definition) is 1. The summed E-state index contributed by atoms with van der Waals surface area (Å²) in [5.41, 5.74) is 0. The highest BCUT2D eigenvalue weighted by Crippen LogP contribution is 2.32. The molecule has 15 heavy (non-hydrogen) atoms. The van der Waals surface area contributed by atoms with Gasteiger partial charge < -0.3 is 5.32 Å². The minimum atomic E-state index is 0.905. The van der Waals surface area contributed by atoms with Gasteiger partial charge >= 0.3 is 0 Å². The predicted molar refractivity (Wildman–Crippen MR) is 66.0 cm³/mol. The first-order valence-corrected chi connectivity index (χ1v) is 7.12. The largest absolute Gasteiger partial charge is 0.314 e. The van der Waals surface area contributed by atoms with Crippen LogP contribution in [-0.2, 0) is 0 Å². The monoisotopic (exact) mass is 209 g/mol. The Morgan fingerprint density at radius 1 is 0.933 bits per heavy atom. The van der Waals surface area contributed by atoms with Crippen molar-refractivity contribution in [2.24, 2.45) is 11.8 Å². The highest BCUT2D eigenvalue weighted by Gasteiger charge is 2.24. The van der Waals surface area contributed by atoms with Gasteiger partial charge in [0.1, 0.15) is 0 Å². The first-order chi connectivity index (χ1) is 7.38. The highest BCUT2D eigenvalue weighted by molar-refractivity contribution is 4.83. The second-order valence-corrected chi connectivity index (χ2v) is 5.71. The molecule has 0 atom stereocenters. The summed E-state index contributed by atoms with van der Waals surface area (Å²) in [6, 6.07) is 0.905. The van der Waals surface area contributed by atoms with Crippen LogP contribution >= 0.6 is 0 Å². The fraction of sp³-hybridized carbons (Fsp3) is 1.00. The number of unbranched alkanes of at least 4 members (excludes halogenated alkanes) is 1. The molecule has 0 spiro atoms. The molecule has 0 aliphatic heterocycles. The molecule has 0 radical (unpaired) electrons. The third kappa shape index (κ3) is 4.14. The fourth-order valence-electron chi connectivity index (χ4n) is 2.84. The molecule has 88 valence electrons. The summed E-state index contributed by atoms with van der Waals surface area (Å²) in [6.07, 6.45) is 13.2. The molecule has 1 N–H and O–H groups in total. The molecule has 0 amide bonds. The van der Waals surface area contributed by atoms with Crippen LogP contribution < -0.4 is 5.32 Å². The minimum Gasteiger partial charge on any atom is -0.314 e. The second-order valence-electron chi connectivity index (χ2n) is 5.71. The third-order valence-electron chi connectivity index (χ3n) is 4.20. The van der Waals surface area contributed by atoms with Crippen molar-refractivity contribution in [2.45, 2.75) is 70.8 Å². The van der Waals surface area contributed by atoms with Gasteiger partial charge in [0.15, 0.2) is 0 Å². The van der Waals surface area contributed by atoms with Crippen molar-refractivity contribution in [3.8, 4) is 0 Å². The molecule has 2 saturated carbocycles. The summed E-state index contributed by atoms with van der Waals surface area (Å²) in [4.78, 5) is 0. The smallest absolute Gasteiger partial charge is 0.00683 e. The number of hydrogen-bond acceptors (Lipinski definition) is 1. The van der Waals surface area contributed by atoms with Gasteiger partial charge in [-0.1, -0.05) is 39.0 Å². The Labute approximate surface area is 95.0 Å². The summed E-state index contributed by atoms with van der Waals surface area (Å²) in [5.74, 6) is 2.07.